The molecular formula is C26H28N6OS. The molecule has 0 radical (unpaired) electrons. The summed E-state index contributed by atoms with van der Waals surface area (Å²) in [4.78, 5) is 20.7. The van der Waals surface area contributed by atoms with E-state index < -0.39 is 0 Å². The van der Waals surface area contributed by atoms with E-state index in [1.54, 1.807) is 0 Å². The minimum absolute atomic E-state index is 0.184. The summed E-state index contributed by atoms with van der Waals surface area (Å²) in [5.74, 6) is 1.48. The quantitative estimate of drug-likeness (QED) is 0.408. The molecule has 1 saturated carbocycles. The van der Waals surface area contributed by atoms with Gasteiger partial charge in [0, 0.05) is 61.4 Å². The zero-order valence-corrected chi connectivity index (χ0v) is 19.9. The van der Waals surface area contributed by atoms with E-state index in [9.17, 15) is 4.79 Å². The normalized spacial score (nSPS) is 16.9. The number of aromatic nitrogens is 4. The number of carbonyl (C=O) groups is 1. The highest BCUT2D eigenvalue weighted by Crippen LogP contribution is 2.42. The van der Waals surface area contributed by atoms with Crippen LogP contribution in [0.4, 0.5) is 0 Å². The van der Waals surface area contributed by atoms with Crippen LogP contribution < -0.4 is 0 Å². The number of para-hydroxylation sites is 1. The molecule has 7 nitrogen and oxygen atoms in total. The van der Waals surface area contributed by atoms with Crippen LogP contribution in [0.2, 0.25) is 0 Å². The molecule has 4 aromatic rings. The first-order valence-electron chi connectivity index (χ1n) is 11.9. The number of hydrogen-bond donors (Lipinski definition) is 1. The maximum Gasteiger partial charge on any atom is 0.233 e. The van der Waals surface area contributed by atoms with Crippen LogP contribution in [0, 0.1) is 0 Å². The molecule has 3 heterocycles. The molecule has 2 aromatic heterocycles. The Kier molecular flexibility index (Phi) is 5.84. The molecule has 174 valence electrons. The molecule has 6 rings (SSSR count). The lowest BCUT2D eigenvalue weighted by atomic mass is 10.1. The van der Waals surface area contributed by atoms with E-state index >= 15 is 0 Å². The number of carbonyl (C=O) groups excluding carboxylic acids is 1. The number of rotatable bonds is 7. The Balaban J connectivity index is 1.10. The van der Waals surface area contributed by atoms with Crippen LogP contribution in [-0.4, -0.2) is 67.4 Å². The van der Waals surface area contributed by atoms with Crippen molar-refractivity contribution in [2.75, 3.05) is 31.9 Å². The van der Waals surface area contributed by atoms with Gasteiger partial charge in [-0.1, -0.05) is 60.3 Å². The lowest BCUT2D eigenvalue weighted by molar-refractivity contribution is -0.130. The summed E-state index contributed by atoms with van der Waals surface area (Å²) < 4.78 is 2.24. The van der Waals surface area contributed by atoms with Gasteiger partial charge in [0.1, 0.15) is 0 Å². The number of nitrogens with one attached hydrogen (secondary N) is 1. The molecule has 1 aliphatic heterocycles. The van der Waals surface area contributed by atoms with Crippen molar-refractivity contribution in [2.24, 2.45) is 0 Å². The van der Waals surface area contributed by atoms with Gasteiger partial charge in [0.25, 0.3) is 0 Å². The second-order valence-electron chi connectivity index (χ2n) is 9.09. The summed E-state index contributed by atoms with van der Waals surface area (Å²) >= 11 is 1.52. The topological polar surface area (TPSA) is 70.0 Å². The van der Waals surface area contributed by atoms with Gasteiger partial charge in [-0.25, -0.2) is 0 Å². The maximum atomic E-state index is 13.0. The Morgan fingerprint density at radius 1 is 0.971 bits per heavy atom. The monoisotopic (exact) mass is 472 g/mol. The summed E-state index contributed by atoms with van der Waals surface area (Å²) in [7, 11) is 0. The fraction of sp³-hybridized carbons (Fsp3) is 0.346. The Hall–Kier alpha value is -3.10. The van der Waals surface area contributed by atoms with E-state index in [4.69, 9.17) is 0 Å². The Morgan fingerprint density at radius 3 is 2.53 bits per heavy atom. The molecule has 2 aromatic carbocycles. The van der Waals surface area contributed by atoms with E-state index in [-0.39, 0.29) is 5.91 Å². The molecule has 1 aliphatic carbocycles. The molecule has 0 bridgehead atoms. The van der Waals surface area contributed by atoms with E-state index in [1.807, 2.05) is 29.3 Å². The zero-order valence-electron chi connectivity index (χ0n) is 19.1. The summed E-state index contributed by atoms with van der Waals surface area (Å²) in [6.07, 6.45) is 4.29. The molecule has 1 amide bonds. The van der Waals surface area contributed by atoms with Gasteiger partial charge >= 0.3 is 0 Å². The smallest absolute Gasteiger partial charge is 0.233 e. The number of thioether (sulfide) groups is 1. The number of amides is 1. The largest absolute Gasteiger partial charge is 0.360 e. The van der Waals surface area contributed by atoms with E-state index in [1.165, 1.54) is 17.3 Å². The molecule has 8 heteroatoms. The van der Waals surface area contributed by atoms with Crippen molar-refractivity contribution < 1.29 is 4.79 Å². The number of hydrogen-bond acceptors (Lipinski definition) is 5. The van der Waals surface area contributed by atoms with Crippen molar-refractivity contribution in [3.63, 3.8) is 0 Å². The third-order valence-electron chi connectivity index (χ3n) is 6.71. The van der Waals surface area contributed by atoms with Crippen LogP contribution in [0.15, 0.2) is 66.0 Å². The SMILES string of the molecule is O=C(CSc1nnc(-c2c[nH]c3ccccc23)n1C1CC1)N1CCN(Cc2ccccc2)CC1. The molecule has 2 aliphatic rings. The third kappa shape index (κ3) is 4.35. The second kappa shape index (κ2) is 9.27. The van der Waals surface area contributed by atoms with Crippen LogP contribution in [0.25, 0.3) is 22.3 Å². The standard InChI is InChI=1S/C26H28N6OS/c33-24(31-14-12-30(13-15-31)17-19-6-2-1-3-7-19)18-34-26-29-28-25(32(26)20-10-11-20)22-16-27-23-9-5-4-8-21(22)23/h1-9,16,20,27H,10-15,17-18H2. The van der Waals surface area contributed by atoms with Crippen molar-refractivity contribution in [1.82, 2.24) is 29.5 Å². The molecular weight excluding hydrogens is 444 g/mol. The number of H-pyrrole nitrogens is 1. The van der Waals surface area contributed by atoms with Gasteiger partial charge in [-0.05, 0) is 24.5 Å². The predicted octanol–water partition coefficient (Wildman–Crippen LogP) is 4.20. The second-order valence-corrected chi connectivity index (χ2v) is 10.0. The average Bonchev–Trinajstić information content (AvgIpc) is 3.49. The lowest BCUT2D eigenvalue weighted by Crippen LogP contribution is -2.48. The first-order valence-corrected chi connectivity index (χ1v) is 12.9. The Morgan fingerprint density at radius 2 is 1.74 bits per heavy atom. The first-order chi connectivity index (χ1) is 16.8. The number of piperazine rings is 1. The molecule has 1 N–H and O–H groups in total. The van der Waals surface area contributed by atoms with Crippen LogP contribution >= 0.6 is 11.8 Å². The van der Waals surface area contributed by atoms with Gasteiger partial charge in [0.05, 0.1) is 5.75 Å². The van der Waals surface area contributed by atoms with Gasteiger partial charge in [-0.3, -0.25) is 14.3 Å². The Labute approximate surface area is 203 Å². The molecule has 0 unspecified atom stereocenters. The molecule has 0 spiro atoms. The summed E-state index contributed by atoms with van der Waals surface area (Å²) in [6, 6.07) is 19.2. The van der Waals surface area contributed by atoms with Crippen molar-refractivity contribution in [3.05, 3.63) is 66.4 Å². The van der Waals surface area contributed by atoms with Gasteiger partial charge in [-0.15, -0.1) is 10.2 Å². The maximum absolute atomic E-state index is 13.0. The highest BCUT2D eigenvalue weighted by atomic mass is 32.2. The molecule has 2 fully saturated rings. The van der Waals surface area contributed by atoms with E-state index in [0.717, 1.165) is 73.0 Å². The van der Waals surface area contributed by atoms with E-state index in [0.29, 0.717) is 11.8 Å². The van der Waals surface area contributed by atoms with Gasteiger partial charge < -0.3 is 9.88 Å². The van der Waals surface area contributed by atoms with Crippen LogP contribution in [0.3, 0.4) is 0 Å². The fourth-order valence-electron chi connectivity index (χ4n) is 4.69. The van der Waals surface area contributed by atoms with Crippen LogP contribution in [0.5, 0.6) is 0 Å². The molecule has 1 saturated heterocycles. The zero-order chi connectivity index (χ0) is 22.9. The predicted molar refractivity (Wildman–Crippen MR) is 135 cm³/mol. The summed E-state index contributed by atoms with van der Waals surface area (Å²) in [5.41, 5.74) is 3.49. The molecule has 0 atom stereocenters. The molecule has 34 heavy (non-hydrogen) atoms. The highest BCUT2D eigenvalue weighted by molar-refractivity contribution is 7.99. The van der Waals surface area contributed by atoms with Crippen molar-refractivity contribution in [2.45, 2.75) is 30.6 Å². The fourth-order valence-corrected chi connectivity index (χ4v) is 5.60. The van der Waals surface area contributed by atoms with Gasteiger partial charge in [-0.2, -0.15) is 0 Å². The average molecular weight is 473 g/mol. The first kappa shape index (κ1) is 21.4. The van der Waals surface area contributed by atoms with Gasteiger partial charge in [0.15, 0.2) is 11.0 Å². The number of nitrogens with zero attached hydrogens (tertiary/aromatic N) is 5. The van der Waals surface area contributed by atoms with Crippen LogP contribution in [0.1, 0.15) is 24.4 Å². The summed E-state index contributed by atoms with van der Waals surface area (Å²) in [6.45, 7) is 4.32. The van der Waals surface area contributed by atoms with Gasteiger partial charge in [0.2, 0.25) is 5.91 Å². The minimum Gasteiger partial charge on any atom is -0.360 e. The number of benzene rings is 2. The summed E-state index contributed by atoms with van der Waals surface area (Å²) in [5, 5.41) is 11.0. The Bertz CT molecular complexity index is 1290. The lowest BCUT2D eigenvalue weighted by Gasteiger charge is -2.34. The van der Waals surface area contributed by atoms with Crippen molar-refractivity contribution in [1.29, 1.82) is 0 Å². The van der Waals surface area contributed by atoms with Crippen LogP contribution in [-0.2, 0) is 11.3 Å². The van der Waals surface area contributed by atoms with E-state index in [2.05, 4.69) is 61.0 Å². The third-order valence-corrected chi connectivity index (χ3v) is 7.63. The van der Waals surface area contributed by atoms with Crippen molar-refractivity contribution >= 4 is 28.6 Å². The van der Waals surface area contributed by atoms with Crippen molar-refractivity contribution in [3.8, 4) is 11.4 Å². The highest BCUT2D eigenvalue weighted by Gasteiger charge is 2.31. The minimum atomic E-state index is 0.184. The number of aromatic amines is 1. The number of fused-ring (bicyclic) bond motifs is 1.